The van der Waals surface area contributed by atoms with Crippen LogP contribution in [0.15, 0.2) is 12.4 Å². The quantitative estimate of drug-likeness (QED) is 0.887. The molecule has 0 saturated heterocycles. The first kappa shape index (κ1) is 12.6. The normalized spacial score (nSPS) is 12.4. The van der Waals surface area contributed by atoms with Gasteiger partial charge in [0.15, 0.2) is 0 Å². The summed E-state index contributed by atoms with van der Waals surface area (Å²) in [6.07, 6.45) is 3.14. The van der Waals surface area contributed by atoms with E-state index in [0.29, 0.717) is 5.02 Å². The van der Waals surface area contributed by atoms with E-state index in [1.807, 2.05) is 20.9 Å². The van der Waals surface area contributed by atoms with Crippen molar-refractivity contribution >= 4 is 17.5 Å². The second kappa shape index (κ2) is 4.81. The Kier molecular flexibility index (Phi) is 3.38. The van der Waals surface area contributed by atoms with Gasteiger partial charge in [-0.3, -0.25) is 14.6 Å². The van der Waals surface area contributed by atoms with Gasteiger partial charge in [-0.05, 0) is 13.8 Å². The summed E-state index contributed by atoms with van der Waals surface area (Å²) in [4.78, 5) is 11.9. The molecule has 0 aromatic carbocycles. The van der Waals surface area contributed by atoms with Gasteiger partial charge in [-0.1, -0.05) is 11.6 Å². The van der Waals surface area contributed by atoms with E-state index in [0.717, 1.165) is 11.3 Å². The topological polar surface area (TPSA) is 75.6 Å². The largest absolute Gasteiger partial charge is 0.344 e. The molecule has 0 radical (unpaired) electrons. The van der Waals surface area contributed by atoms with Crippen molar-refractivity contribution in [2.75, 3.05) is 0 Å². The monoisotopic (exact) mass is 267 g/mol. The van der Waals surface area contributed by atoms with Crippen LogP contribution in [0.5, 0.6) is 0 Å². The van der Waals surface area contributed by atoms with Gasteiger partial charge >= 0.3 is 0 Å². The van der Waals surface area contributed by atoms with Crippen molar-refractivity contribution in [2.45, 2.75) is 19.9 Å². The number of aryl methyl sites for hydroxylation is 1. The minimum absolute atomic E-state index is 0.148. The summed E-state index contributed by atoms with van der Waals surface area (Å²) in [6.45, 7) is 3.85. The van der Waals surface area contributed by atoms with Gasteiger partial charge in [0.25, 0.3) is 5.91 Å². The summed E-state index contributed by atoms with van der Waals surface area (Å²) >= 11 is 5.83. The lowest BCUT2D eigenvalue weighted by Gasteiger charge is -2.13. The fourth-order valence-electron chi connectivity index (χ4n) is 1.72. The molecule has 1 atom stereocenters. The molecule has 1 amide bonds. The van der Waals surface area contributed by atoms with Gasteiger partial charge in [-0.15, -0.1) is 0 Å². The number of aromatic nitrogens is 4. The van der Waals surface area contributed by atoms with Crippen LogP contribution in [-0.4, -0.2) is 25.9 Å². The van der Waals surface area contributed by atoms with Gasteiger partial charge in [-0.25, -0.2) is 0 Å². The zero-order valence-corrected chi connectivity index (χ0v) is 11.1. The van der Waals surface area contributed by atoms with E-state index >= 15 is 0 Å². The number of hydrogen-bond acceptors (Lipinski definition) is 3. The first-order valence-electron chi connectivity index (χ1n) is 5.49. The van der Waals surface area contributed by atoms with Crippen LogP contribution in [0.4, 0.5) is 0 Å². The molecular formula is C11H14ClN5O. The van der Waals surface area contributed by atoms with Crippen LogP contribution < -0.4 is 5.32 Å². The number of amides is 1. The first-order chi connectivity index (χ1) is 8.50. The molecular weight excluding hydrogens is 254 g/mol. The molecule has 18 heavy (non-hydrogen) atoms. The highest BCUT2D eigenvalue weighted by molar-refractivity contribution is 6.33. The number of H-pyrrole nitrogens is 1. The fourth-order valence-corrected chi connectivity index (χ4v) is 1.89. The lowest BCUT2D eigenvalue weighted by atomic mass is 10.1. The first-order valence-corrected chi connectivity index (χ1v) is 5.86. The SMILES string of the molecule is Cc1c(C(C)NC(=O)c2[nH]ncc2Cl)cnn1C. The second-order valence-electron chi connectivity index (χ2n) is 4.10. The third-order valence-corrected chi connectivity index (χ3v) is 3.19. The Labute approximate surface area is 109 Å². The molecule has 0 aliphatic rings. The molecule has 2 heterocycles. The molecule has 0 spiro atoms. The molecule has 0 aliphatic carbocycles. The van der Waals surface area contributed by atoms with Crippen molar-refractivity contribution in [1.29, 1.82) is 0 Å². The van der Waals surface area contributed by atoms with E-state index in [-0.39, 0.29) is 17.6 Å². The summed E-state index contributed by atoms with van der Waals surface area (Å²) < 4.78 is 1.77. The van der Waals surface area contributed by atoms with Crippen molar-refractivity contribution in [1.82, 2.24) is 25.3 Å². The highest BCUT2D eigenvalue weighted by atomic mass is 35.5. The van der Waals surface area contributed by atoms with Crippen LogP contribution in [-0.2, 0) is 7.05 Å². The van der Waals surface area contributed by atoms with Crippen LogP contribution in [0.1, 0.15) is 34.7 Å². The predicted molar refractivity (Wildman–Crippen MR) is 67.4 cm³/mol. The van der Waals surface area contributed by atoms with Crippen LogP contribution >= 0.6 is 11.6 Å². The van der Waals surface area contributed by atoms with E-state index in [9.17, 15) is 4.79 Å². The molecule has 0 bridgehead atoms. The van der Waals surface area contributed by atoms with Crippen LogP contribution in [0.2, 0.25) is 5.02 Å². The molecule has 96 valence electrons. The Morgan fingerprint density at radius 3 is 2.78 bits per heavy atom. The zero-order valence-electron chi connectivity index (χ0n) is 10.4. The van der Waals surface area contributed by atoms with Crippen LogP contribution in [0, 0.1) is 6.92 Å². The van der Waals surface area contributed by atoms with E-state index in [1.165, 1.54) is 6.20 Å². The van der Waals surface area contributed by atoms with Crippen molar-refractivity contribution in [2.24, 2.45) is 7.05 Å². The van der Waals surface area contributed by atoms with Crippen molar-refractivity contribution in [3.63, 3.8) is 0 Å². The Balaban J connectivity index is 2.13. The number of nitrogens with one attached hydrogen (secondary N) is 2. The average Bonchev–Trinajstić information content (AvgIpc) is 2.87. The van der Waals surface area contributed by atoms with Gasteiger partial charge in [0.2, 0.25) is 0 Å². The minimum atomic E-state index is -0.284. The number of carbonyl (C=O) groups excluding carboxylic acids is 1. The molecule has 0 aliphatic heterocycles. The summed E-state index contributed by atoms with van der Waals surface area (Å²) in [7, 11) is 1.86. The summed E-state index contributed by atoms with van der Waals surface area (Å²) in [6, 6.07) is -0.148. The fraction of sp³-hybridized carbons (Fsp3) is 0.364. The number of carbonyl (C=O) groups is 1. The Morgan fingerprint density at radius 2 is 2.28 bits per heavy atom. The lowest BCUT2D eigenvalue weighted by molar-refractivity contribution is 0.0935. The molecule has 7 heteroatoms. The maximum Gasteiger partial charge on any atom is 0.271 e. The third-order valence-electron chi connectivity index (χ3n) is 2.91. The van der Waals surface area contributed by atoms with E-state index < -0.39 is 0 Å². The molecule has 2 aromatic heterocycles. The molecule has 0 saturated carbocycles. The number of nitrogens with zero attached hydrogens (tertiary/aromatic N) is 3. The molecule has 2 N–H and O–H groups in total. The Hall–Kier alpha value is -1.82. The Morgan fingerprint density at radius 1 is 1.56 bits per heavy atom. The number of rotatable bonds is 3. The maximum atomic E-state index is 11.9. The number of halogens is 1. The van der Waals surface area contributed by atoms with Gasteiger partial charge in [0.1, 0.15) is 5.69 Å². The van der Waals surface area contributed by atoms with Crippen molar-refractivity contribution in [3.8, 4) is 0 Å². The summed E-state index contributed by atoms with van der Waals surface area (Å²) in [5.74, 6) is -0.284. The summed E-state index contributed by atoms with van der Waals surface area (Å²) in [5.41, 5.74) is 2.25. The number of aromatic amines is 1. The van der Waals surface area contributed by atoms with Gasteiger partial charge in [0.05, 0.1) is 23.5 Å². The smallest absolute Gasteiger partial charge is 0.271 e. The molecule has 0 fully saturated rings. The van der Waals surface area contributed by atoms with Crippen molar-refractivity contribution in [3.05, 3.63) is 34.4 Å². The summed E-state index contributed by atoms with van der Waals surface area (Å²) in [5, 5.41) is 13.6. The Bertz CT molecular complexity index is 574. The molecule has 2 rings (SSSR count). The van der Waals surface area contributed by atoms with E-state index in [2.05, 4.69) is 20.6 Å². The average molecular weight is 268 g/mol. The van der Waals surface area contributed by atoms with E-state index in [4.69, 9.17) is 11.6 Å². The maximum absolute atomic E-state index is 11.9. The second-order valence-corrected chi connectivity index (χ2v) is 4.50. The van der Waals surface area contributed by atoms with Gasteiger partial charge in [0, 0.05) is 18.3 Å². The molecule has 2 aromatic rings. The predicted octanol–water partition coefficient (Wildman–Crippen LogP) is 1.60. The van der Waals surface area contributed by atoms with Crippen molar-refractivity contribution < 1.29 is 4.79 Å². The molecule has 1 unspecified atom stereocenters. The van der Waals surface area contributed by atoms with E-state index in [1.54, 1.807) is 10.9 Å². The number of hydrogen-bond donors (Lipinski definition) is 2. The molecule has 6 nitrogen and oxygen atoms in total. The van der Waals surface area contributed by atoms with Crippen LogP contribution in [0.3, 0.4) is 0 Å². The standard InChI is InChI=1S/C11H14ClN5O/c1-6(8-4-14-17(3)7(8)2)15-11(18)10-9(12)5-13-16-10/h4-6H,1-3H3,(H,13,16)(H,15,18). The van der Waals surface area contributed by atoms with Crippen LogP contribution in [0.25, 0.3) is 0 Å². The third kappa shape index (κ3) is 2.24. The highest BCUT2D eigenvalue weighted by Gasteiger charge is 2.18. The van der Waals surface area contributed by atoms with Gasteiger partial charge in [-0.2, -0.15) is 10.2 Å². The van der Waals surface area contributed by atoms with Gasteiger partial charge < -0.3 is 5.32 Å². The zero-order chi connectivity index (χ0) is 13.3. The highest BCUT2D eigenvalue weighted by Crippen LogP contribution is 2.18. The minimum Gasteiger partial charge on any atom is -0.344 e. The lowest BCUT2D eigenvalue weighted by Crippen LogP contribution is -2.27.